The highest BCUT2D eigenvalue weighted by atomic mass is 16.5. The summed E-state index contributed by atoms with van der Waals surface area (Å²) >= 11 is 0. The van der Waals surface area contributed by atoms with Gasteiger partial charge < -0.3 is 4.74 Å². The lowest BCUT2D eigenvalue weighted by atomic mass is 10.1. The fraction of sp³-hybridized carbons (Fsp3) is 0.400. The van der Waals surface area contributed by atoms with E-state index in [-0.39, 0.29) is 5.97 Å². The van der Waals surface area contributed by atoms with E-state index < -0.39 is 0 Å². The van der Waals surface area contributed by atoms with Crippen LogP contribution >= 0.6 is 0 Å². The van der Waals surface area contributed by atoms with Gasteiger partial charge in [0.05, 0.1) is 12.3 Å². The number of esters is 1. The highest BCUT2D eigenvalue weighted by Crippen LogP contribution is 2.20. The van der Waals surface area contributed by atoms with E-state index in [4.69, 9.17) is 4.74 Å². The van der Waals surface area contributed by atoms with Gasteiger partial charge in [0, 0.05) is 18.5 Å². The van der Waals surface area contributed by atoms with Gasteiger partial charge >= 0.3 is 5.97 Å². The van der Waals surface area contributed by atoms with E-state index in [0.29, 0.717) is 26.0 Å². The van der Waals surface area contributed by atoms with Crippen LogP contribution < -0.4 is 0 Å². The van der Waals surface area contributed by atoms with E-state index in [1.165, 1.54) is 0 Å². The quantitative estimate of drug-likeness (QED) is 0.759. The van der Waals surface area contributed by atoms with Crippen molar-refractivity contribution in [3.63, 3.8) is 0 Å². The molecule has 0 saturated heterocycles. The molecule has 0 unspecified atom stereocenters. The maximum Gasteiger partial charge on any atom is 0.305 e. The molecule has 2 aromatic rings. The number of ether oxygens (including phenoxy) is 1. The zero-order valence-corrected chi connectivity index (χ0v) is 11.9. The summed E-state index contributed by atoms with van der Waals surface area (Å²) in [4.78, 5) is 11.3. The van der Waals surface area contributed by atoms with Crippen LogP contribution in [-0.4, -0.2) is 27.6 Å². The number of nitrogens with zero attached hydrogens (tertiary/aromatic N) is 3. The largest absolute Gasteiger partial charge is 0.466 e. The van der Waals surface area contributed by atoms with Crippen LogP contribution in [0.25, 0.3) is 11.3 Å². The molecule has 2 rings (SSSR count). The number of aromatic nitrogens is 3. The van der Waals surface area contributed by atoms with Gasteiger partial charge in [0.2, 0.25) is 0 Å². The molecule has 0 aliphatic heterocycles. The number of benzene rings is 1. The van der Waals surface area contributed by atoms with Gasteiger partial charge in [0.1, 0.15) is 5.69 Å². The van der Waals surface area contributed by atoms with E-state index in [2.05, 4.69) is 10.3 Å². The molecule has 1 heterocycles. The lowest BCUT2D eigenvalue weighted by Crippen LogP contribution is -2.08. The summed E-state index contributed by atoms with van der Waals surface area (Å²) in [5.41, 5.74) is 2.96. The van der Waals surface area contributed by atoms with Crippen LogP contribution in [0.2, 0.25) is 0 Å². The Kier molecular flexibility index (Phi) is 4.87. The van der Waals surface area contributed by atoms with Gasteiger partial charge in [-0.05, 0) is 20.3 Å². The van der Waals surface area contributed by atoms with Crippen LogP contribution in [-0.2, 0) is 16.1 Å². The molecule has 0 N–H and O–H groups in total. The second-order valence-electron chi connectivity index (χ2n) is 4.52. The second kappa shape index (κ2) is 6.84. The van der Waals surface area contributed by atoms with Crippen LogP contribution in [0.1, 0.15) is 25.5 Å². The molecule has 0 fully saturated rings. The van der Waals surface area contributed by atoms with Crippen molar-refractivity contribution in [1.29, 1.82) is 0 Å². The molecule has 0 atom stereocenters. The zero-order valence-electron chi connectivity index (χ0n) is 11.9. The molecule has 1 aromatic heterocycles. The van der Waals surface area contributed by atoms with Crippen molar-refractivity contribution in [2.24, 2.45) is 0 Å². The van der Waals surface area contributed by atoms with E-state index in [1.807, 2.05) is 48.9 Å². The van der Waals surface area contributed by atoms with E-state index >= 15 is 0 Å². The number of aryl methyl sites for hydroxylation is 1. The lowest BCUT2D eigenvalue weighted by Gasteiger charge is -2.04. The first-order valence-electron chi connectivity index (χ1n) is 6.83. The molecule has 0 amide bonds. The Labute approximate surface area is 118 Å². The summed E-state index contributed by atoms with van der Waals surface area (Å²) < 4.78 is 6.74. The van der Waals surface area contributed by atoms with Crippen molar-refractivity contribution in [3.8, 4) is 11.3 Å². The summed E-state index contributed by atoms with van der Waals surface area (Å²) in [6.07, 6.45) is 1.12. The third kappa shape index (κ3) is 3.44. The summed E-state index contributed by atoms with van der Waals surface area (Å²) in [5.74, 6) is -0.159. The van der Waals surface area contributed by atoms with E-state index in [9.17, 15) is 4.79 Å². The summed E-state index contributed by atoms with van der Waals surface area (Å²) in [7, 11) is 0. The van der Waals surface area contributed by atoms with Crippen molar-refractivity contribution >= 4 is 5.97 Å². The summed E-state index contributed by atoms with van der Waals surface area (Å²) in [6.45, 7) is 4.90. The summed E-state index contributed by atoms with van der Waals surface area (Å²) in [5, 5.41) is 8.37. The molecule has 0 spiro atoms. The highest BCUT2D eigenvalue weighted by molar-refractivity contribution is 5.69. The monoisotopic (exact) mass is 273 g/mol. The van der Waals surface area contributed by atoms with Crippen LogP contribution in [0, 0.1) is 6.92 Å². The molecule has 106 valence electrons. The molecule has 5 nitrogen and oxygen atoms in total. The molecule has 0 saturated carbocycles. The van der Waals surface area contributed by atoms with Gasteiger partial charge in [-0.2, -0.15) is 0 Å². The van der Waals surface area contributed by atoms with Gasteiger partial charge in [-0.15, -0.1) is 5.10 Å². The number of hydrogen-bond acceptors (Lipinski definition) is 4. The van der Waals surface area contributed by atoms with Gasteiger partial charge in [-0.25, -0.2) is 4.68 Å². The van der Waals surface area contributed by atoms with Crippen LogP contribution in [0.5, 0.6) is 0 Å². The van der Waals surface area contributed by atoms with Crippen molar-refractivity contribution in [2.75, 3.05) is 6.61 Å². The predicted octanol–water partition coefficient (Wildman–Crippen LogP) is 2.60. The predicted molar refractivity (Wildman–Crippen MR) is 76.1 cm³/mol. The van der Waals surface area contributed by atoms with Gasteiger partial charge in [0.25, 0.3) is 0 Å². The molecule has 1 aromatic carbocycles. The first kappa shape index (κ1) is 14.2. The van der Waals surface area contributed by atoms with Crippen molar-refractivity contribution in [2.45, 2.75) is 33.2 Å². The molecular formula is C15H19N3O2. The van der Waals surface area contributed by atoms with Crippen molar-refractivity contribution in [1.82, 2.24) is 15.0 Å². The molecule has 5 heteroatoms. The van der Waals surface area contributed by atoms with Gasteiger partial charge in [-0.1, -0.05) is 35.5 Å². The fourth-order valence-corrected chi connectivity index (χ4v) is 2.04. The molecule has 0 bridgehead atoms. The molecule has 0 aliphatic carbocycles. The van der Waals surface area contributed by atoms with Crippen LogP contribution in [0.15, 0.2) is 30.3 Å². The Morgan fingerprint density at radius 3 is 2.75 bits per heavy atom. The van der Waals surface area contributed by atoms with E-state index in [1.54, 1.807) is 0 Å². The van der Waals surface area contributed by atoms with Crippen molar-refractivity contribution in [3.05, 3.63) is 36.0 Å². The van der Waals surface area contributed by atoms with Gasteiger partial charge in [-0.3, -0.25) is 4.79 Å². The minimum absolute atomic E-state index is 0.159. The van der Waals surface area contributed by atoms with Crippen LogP contribution in [0.3, 0.4) is 0 Å². The zero-order chi connectivity index (χ0) is 14.4. The van der Waals surface area contributed by atoms with Crippen LogP contribution in [0.4, 0.5) is 0 Å². The SMILES string of the molecule is CCOC(=O)CCCn1nnc(-c2ccccc2)c1C. The Hall–Kier alpha value is -2.17. The number of carbonyl (C=O) groups is 1. The Morgan fingerprint density at radius 2 is 2.05 bits per heavy atom. The van der Waals surface area contributed by atoms with E-state index in [0.717, 1.165) is 17.0 Å². The molecule has 0 radical (unpaired) electrons. The standard InChI is InChI=1S/C15H19N3O2/c1-3-20-14(19)10-7-11-18-12(2)15(16-17-18)13-8-5-4-6-9-13/h4-6,8-9H,3,7,10-11H2,1-2H3. The number of hydrogen-bond donors (Lipinski definition) is 0. The Morgan fingerprint density at radius 1 is 1.30 bits per heavy atom. The maximum atomic E-state index is 11.3. The average Bonchev–Trinajstić information content (AvgIpc) is 2.82. The van der Waals surface area contributed by atoms with Gasteiger partial charge in [0.15, 0.2) is 0 Å². The Balaban J connectivity index is 1.98. The number of rotatable bonds is 6. The maximum absolute atomic E-state index is 11.3. The topological polar surface area (TPSA) is 57.0 Å². The summed E-state index contributed by atoms with van der Waals surface area (Å²) in [6, 6.07) is 9.96. The first-order chi connectivity index (χ1) is 9.72. The number of carbonyl (C=O) groups excluding carboxylic acids is 1. The Bertz CT molecular complexity index is 564. The van der Waals surface area contributed by atoms with Crippen molar-refractivity contribution < 1.29 is 9.53 Å². The molecule has 0 aliphatic rings. The third-order valence-corrected chi connectivity index (χ3v) is 3.09. The second-order valence-corrected chi connectivity index (χ2v) is 4.52. The minimum atomic E-state index is -0.159. The minimum Gasteiger partial charge on any atom is -0.466 e. The lowest BCUT2D eigenvalue weighted by molar-refractivity contribution is -0.143. The molecule has 20 heavy (non-hydrogen) atoms. The fourth-order valence-electron chi connectivity index (χ4n) is 2.04. The third-order valence-electron chi connectivity index (χ3n) is 3.09. The molecular weight excluding hydrogens is 254 g/mol. The highest BCUT2D eigenvalue weighted by Gasteiger charge is 2.10. The average molecular weight is 273 g/mol. The first-order valence-corrected chi connectivity index (χ1v) is 6.83. The normalized spacial score (nSPS) is 10.5. The smallest absolute Gasteiger partial charge is 0.305 e.